The van der Waals surface area contributed by atoms with Crippen molar-refractivity contribution in [1.82, 2.24) is 5.32 Å². The molecule has 0 aromatic rings. The molecule has 3 unspecified atom stereocenters. The largest absolute Gasteiger partial charge is 0.376 e. The van der Waals surface area contributed by atoms with Gasteiger partial charge in [-0.25, -0.2) is 0 Å². The van der Waals surface area contributed by atoms with Crippen LogP contribution in [0.3, 0.4) is 0 Å². The van der Waals surface area contributed by atoms with Gasteiger partial charge in [-0.3, -0.25) is 4.79 Å². The van der Waals surface area contributed by atoms with Gasteiger partial charge in [-0.2, -0.15) is 0 Å². The van der Waals surface area contributed by atoms with E-state index in [4.69, 9.17) is 4.74 Å². The van der Waals surface area contributed by atoms with Crippen molar-refractivity contribution < 1.29 is 9.53 Å². The Hall–Kier alpha value is -0.830. The van der Waals surface area contributed by atoms with E-state index in [9.17, 15) is 4.79 Å². The molecule has 3 heteroatoms. The molecule has 3 fully saturated rings. The zero-order valence-electron chi connectivity index (χ0n) is 12.1. The second-order valence-electron chi connectivity index (χ2n) is 7.07. The smallest absolute Gasteiger partial charge is 0.230 e. The Balaban J connectivity index is 1.67. The second-order valence-corrected chi connectivity index (χ2v) is 7.07. The molecule has 0 spiro atoms. The van der Waals surface area contributed by atoms with E-state index in [1.807, 2.05) is 0 Å². The molecule has 0 aromatic carbocycles. The number of amides is 1. The monoisotopic (exact) mass is 263 g/mol. The van der Waals surface area contributed by atoms with Crippen LogP contribution in [0.25, 0.3) is 0 Å². The number of rotatable bonds is 3. The summed E-state index contributed by atoms with van der Waals surface area (Å²) in [5.74, 6) is 0.828. The Labute approximate surface area is 115 Å². The summed E-state index contributed by atoms with van der Waals surface area (Å²) in [7, 11) is 0. The first-order chi connectivity index (χ1) is 8.97. The van der Waals surface area contributed by atoms with Crippen molar-refractivity contribution in [2.45, 2.75) is 52.1 Å². The molecule has 1 N–H and O–H groups in total. The van der Waals surface area contributed by atoms with Crippen LogP contribution in [0.1, 0.15) is 46.0 Å². The molecule has 0 aromatic heterocycles. The zero-order chi connectivity index (χ0) is 13.7. The van der Waals surface area contributed by atoms with Gasteiger partial charge >= 0.3 is 0 Å². The van der Waals surface area contributed by atoms with Crippen LogP contribution in [0.5, 0.6) is 0 Å². The molecule has 19 heavy (non-hydrogen) atoms. The lowest BCUT2D eigenvalue weighted by molar-refractivity contribution is -0.129. The molecule has 2 aliphatic carbocycles. The van der Waals surface area contributed by atoms with E-state index in [0.717, 1.165) is 37.9 Å². The Morgan fingerprint density at radius 2 is 2.26 bits per heavy atom. The zero-order valence-corrected chi connectivity index (χ0v) is 12.1. The van der Waals surface area contributed by atoms with Crippen molar-refractivity contribution in [2.75, 3.05) is 13.2 Å². The standard InChI is InChI=1S/C16H25NO2/c1-11-15(2,3)12-6-7-16(11,9-12)14(18)17-10-13-5-4-8-19-13/h12-13H,1,4-10H2,2-3H3,(H,17,18). The van der Waals surface area contributed by atoms with Crippen LogP contribution in [-0.4, -0.2) is 25.2 Å². The van der Waals surface area contributed by atoms with Gasteiger partial charge in [0.25, 0.3) is 0 Å². The Bertz CT molecular complexity index is 409. The molecule has 0 radical (unpaired) electrons. The van der Waals surface area contributed by atoms with Crippen LogP contribution >= 0.6 is 0 Å². The lowest BCUT2D eigenvalue weighted by Gasteiger charge is -2.37. The summed E-state index contributed by atoms with van der Waals surface area (Å²) >= 11 is 0. The molecule has 1 aliphatic heterocycles. The summed E-state index contributed by atoms with van der Waals surface area (Å²) < 4.78 is 5.57. The quantitative estimate of drug-likeness (QED) is 0.795. The minimum atomic E-state index is -0.285. The molecule has 3 rings (SSSR count). The first kappa shape index (κ1) is 13.2. The second kappa shape index (κ2) is 4.34. The number of fused-ring (bicyclic) bond motifs is 2. The third-order valence-corrected chi connectivity index (χ3v) is 5.84. The van der Waals surface area contributed by atoms with Gasteiger partial charge in [0.1, 0.15) is 0 Å². The van der Waals surface area contributed by atoms with Crippen molar-refractivity contribution in [3.63, 3.8) is 0 Å². The fourth-order valence-electron chi connectivity index (χ4n) is 4.32. The third kappa shape index (κ3) is 1.85. The first-order valence-electron chi connectivity index (χ1n) is 7.56. The number of carbonyl (C=O) groups excluding carboxylic acids is 1. The normalized spacial score (nSPS) is 39.8. The number of hydrogen-bond donors (Lipinski definition) is 1. The lowest BCUT2D eigenvalue weighted by atomic mass is 9.68. The van der Waals surface area contributed by atoms with Crippen molar-refractivity contribution in [1.29, 1.82) is 0 Å². The molecule has 1 amide bonds. The number of hydrogen-bond acceptors (Lipinski definition) is 2. The van der Waals surface area contributed by atoms with E-state index >= 15 is 0 Å². The van der Waals surface area contributed by atoms with E-state index in [2.05, 4.69) is 25.7 Å². The highest BCUT2D eigenvalue weighted by Gasteiger charge is 2.60. The van der Waals surface area contributed by atoms with Gasteiger partial charge in [-0.15, -0.1) is 0 Å². The Morgan fingerprint density at radius 3 is 2.84 bits per heavy atom. The predicted octanol–water partition coefficient (Wildman–Crippen LogP) is 2.66. The highest BCUT2D eigenvalue weighted by Crippen LogP contribution is 2.65. The summed E-state index contributed by atoms with van der Waals surface area (Å²) in [5.41, 5.74) is 0.993. The molecule has 3 nitrogen and oxygen atoms in total. The third-order valence-electron chi connectivity index (χ3n) is 5.84. The number of nitrogens with one attached hydrogen (secondary N) is 1. The summed E-state index contributed by atoms with van der Waals surface area (Å²) in [5, 5.41) is 3.13. The maximum Gasteiger partial charge on any atom is 0.230 e. The van der Waals surface area contributed by atoms with Gasteiger partial charge in [0.2, 0.25) is 5.91 Å². The predicted molar refractivity (Wildman–Crippen MR) is 74.7 cm³/mol. The maximum absolute atomic E-state index is 12.7. The molecule has 2 bridgehead atoms. The first-order valence-corrected chi connectivity index (χ1v) is 7.56. The van der Waals surface area contributed by atoms with Gasteiger partial charge in [-0.1, -0.05) is 26.0 Å². The lowest BCUT2D eigenvalue weighted by Crippen LogP contribution is -2.44. The summed E-state index contributed by atoms with van der Waals surface area (Å²) in [4.78, 5) is 12.7. The topological polar surface area (TPSA) is 38.3 Å². The van der Waals surface area contributed by atoms with Crippen LogP contribution < -0.4 is 5.32 Å². The molecular formula is C16H25NO2. The summed E-state index contributed by atoms with van der Waals surface area (Å²) in [6.07, 6.45) is 5.56. The Morgan fingerprint density at radius 1 is 1.47 bits per heavy atom. The van der Waals surface area contributed by atoms with Crippen molar-refractivity contribution in [2.24, 2.45) is 16.7 Å². The fraction of sp³-hybridized carbons (Fsp3) is 0.812. The molecule has 106 valence electrons. The van der Waals surface area contributed by atoms with Crippen molar-refractivity contribution in [3.8, 4) is 0 Å². The average molecular weight is 263 g/mol. The van der Waals surface area contributed by atoms with E-state index in [0.29, 0.717) is 12.5 Å². The minimum absolute atomic E-state index is 0.124. The SMILES string of the molecule is C=C1C2(C(=O)NCC3CCCO3)CCC(C2)C1(C)C. The highest BCUT2D eigenvalue weighted by atomic mass is 16.5. The fourth-order valence-corrected chi connectivity index (χ4v) is 4.32. The van der Waals surface area contributed by atoms with E-state index in [-0.39, 0.29) is 22.8 Å². The van der Waals surface area contributed by atoms with E-state index in [1.165, 1.54) is 6.42 Å². The summed E-state index contributed by atoms with van der Waals surface area (Å²) in [6.45, 7) is 10.3. The van der Waals surface area contributed by atoms with Crippen LogP contribution in [-0.2, 0) is 9.53 Å². The number of carbonyl (C=O) groups is 1. The van der Waals surface area contributed by atoms with Crippen molar-refractivity contribution >= 4 is 5.91 Å². The Kier molecular flexibility index (Phi) is 3.01. The van der Waals surface area contributed by atoms with Crippen LogP contribution in [0.2, 0.25) is 0 Å². The molecule has 1 saturated heterocycles. The van der Waals surface area contributed by atoms with Gasteiger partial charge in [0, 0.05) is 13.2 Å². The van der Waals surface area contributed by atoms with Gasteiger partial charge in [0.05, 0.1) is 11.5 Å². The van der Waals surface area contributed by atoms with Crippen LogP contribution in [0.4, 0.5) is 0 Å². The maximum atomic E-state index is 12.7. The van der Waals surface area contributed by atoms with E-state index < -0.39 is 0 Å². The van der Waals surface area contributed by atoms with E-state index in [1.54, 1.807) is 0 Å². The number of ether oxygens (including phenoxy) is 1. The van der Waals surface area contributed by atoms with Crippen LogP contribution in [0.15, 0.2) is 12.2 Å². The van der Waals surface area contributed by atoms with Crippen molar-refractivity contribution in [3.05, 3.63) is 12.2 Å². The molecular weight excluding hydrogens is 238 g/mol. The molecule has 3 atom stereocenters. The molecule has 3 aliphatic rings. The van der Waals surface area contributed by atoms with Gasteiger partial charge < -0.3 is 10.1 Å². The van der Waals surface area contributed by atoms with Gasteiger partial charge in [-0.05, 0) is 43.4 Å². The van der Waals surface area contributed by atoms with Gasteiger partial charge in [0.15, 0.2) is 0 Å². The highest BCUT2D eigenvalue weighted by molar-refractivity contribution is 5.87. The average Bonchev–Trinajstić information content (AvgIpc) is 3.07. The minimum Gasteiger partial charge on any atom is -0.376 e. The summed E-state index contributed by atoms with van der Waals surface area (Å²) in [6, 6.07) is 0. The van der Waals surface area contributed by atoms with Crippen LogP contribution in [0, 0.1) is 16.7 Å². The molecule has 2 saturated carbocycles. The molecule has 1 heterocycles.